The number of aliphatic hydroxyl groups is 5. The van der Waals surface area contributed by atoms with Crippen LogP contribution < -0.4 is 15.8 Å². The number of phenols is 1. The van der Waals surface area contributed by atoms with Gasteiger partial charge in [0, 0.05) is 32.5 Å². The number of hydrogen-bond donors (Lipinski definition) is 6. The first-order valence-electron chi connectivity index (χ1n) is 22.0. The van der Waals surface area contributed by atoms with Gasteiger partial charge in [0.15, 0.2) is 17.6 Å². The number of rotatable bonds is 19. The Morgan fingerprint density at radius 1 is 1.07 bits per heavy atom. The van der Waals surface area contributed by atoms with Crippen LogP contribution >= 0.6 is 0 Å². The number of nitrogens with zero attached hydrogens (tertiary/aromatic N) is 1. The van der Waals surface area contributed by atoms with E-state index >= 15 is 0 Å². The van der Waals surface area contributed by atoms with Crippen molar-refractivity contribution in [1.29, 1.82) is 0 Å². The summed E-state index contributed by atoms with van der Waals surface area (Å²) in [6.45, 7) is 4.03. The zero-order valence-corrected chi connectivity index (χ0v) is 33.5. The van der Waals surface area contributed by atoms with Crippen LogP contribution in [0.2, 0.25) is 0 Å². The van der Waals surface area contributed by atoms with E-state index in [0.29, 0.717) is 40.7 Å². The summed E-state index contributed by atoms with van der Waals surface area (Å²) in [6.07, 6.45) is 26.4. The van der Waals surface area contributed by atoms with Crippen molar-refractivity contribution < 1.29 is 29.9 Å². The Balaban J connectivity index is 0.930. The SMILES string of the molecule is CC(O)CNCC1[C+]2C=C(C(O)COc3cc(CC[C-]4C=C(CO)C(CCCCC5(CCN)CCCC5)[OH+]4)ccc3O)N=C2CC2(CCCC2)C2CCCC12. The van der Waals surface area contributed by atoms with Crippen molar-refractivity contribution in [2.45, 2.75) is 147 Å². The van der Waals surface area contributed by atoms with Crippen molar-refractivity contribution in [2.75, 3.05) is 32.8 Å². The second-order valence-corrected chi connectivity index (χ2v) is 18.3. The molecular formula is C46H70N3O6+. The van der Waals surface area contributed by atoms with E-state index in [4.69, 9.17) is 20.2 Å². The van der Waals surface area contributed by atoms with Crippen LogP contribution in [0.4, 0.5) is 0 Å². The van der Waals surface area contributed by atoms with E-state index in [0.717, 1.165) is 80.5 Å². The first-order valence-corrected chi connectivity index (χ1v) is 22.0. The third-order valence-electron chi connectivity index (χ3n) is 14.6. The van der Waals surface area contributed by atoms with Crippen LogP contribution in [0.1, 0.15) is 128 Å². The third kappa shape index (κ3) is 9.45. The molecule has 304 valence electrons. The lowest BCUT2D eigenvalue weighted by molar-refractivity contribution is -0.0554. The molecule has 6 aliphatic rings. The average molecular weight is 761 g/mol. The lowest BCUT2D eigenvalue weighted by Gasteiger charge is -2.37. The average Bonchev–Trinajstić information content (AvgIpc) is 4.02. The van der Waals surface area contributed by atoms with Crippen molar-refractivity contribution >= 4 is 5.71 Å². The minimum atomic E-state index is -0.920. The molecular weight excluding hydrogens is 691 g/mol. The highest BCUT2D eigenvalue weighted by Gasteiger charge is 2.58. The van der Waals surface area contributed by atoms with Gasteiger partial charge >= 0.3 is 0 Å². The molecule has 2 heterocycles. The molecule has 4 fully saturated rings. The second kappa shape index (κ2) is 18.4. The fourth-order valence-corrected chi connectivity index (χ4v) is 11.8. The van der Waals surface area contributed by atoms with Crippen molar-refractivity contribution in [3.05, 3.63) is 59.2 Å². The number of hydrogen-bond acceptors (Lipinski definition) is 8. The number of aromatic hydroxyl groups is 1. The topological polar surface area (TPSA) is 153 Å². The molecule has 1 spiro atoms. The third-order valence-corrected chi connectivity index (χ3v) is 14.6. The van der Waals surface area contributed by atoms with Crippen LogP contribution in [-0.4, -0.2) is 82.0 Å². The lowest BCUT2D eigenvalue weighted by Crippen LogP contribution is -2.38. The maximum absolute atomic E-state index is 11.5. The van der Waals surface area contributed by atoms with Gasteiger partial charge in [-0.15, -0.1) is 16.6 Å². The molecule has 8 N–H and O–H groups in total. The molecule has 0 aromatic heterocycles. The van der Waals surface area contributed by atoms with E-state index in [1.165, 1.54) is 89.4 Å². The number of aliphatic hydroxyl groups excluding tert-OH is 3. The van der Waals surface area contributed by atoms with E-state index < -0.39 is 12.2 Å². The zero-order chi connectivity index (χ0) is 38.4. The summed E-state index contributed by atoms with van der Waals surface area (Å²) in [6, 6.07) is 5.45. The van der Waals surface area contributed by atoms with E-state index in [2.05, 4.69) is 17.5 Å². The largest absolute Gasteiger partial charge is 0.504 e. The van der Waals surface area contributed by atoms with Crippen molar-refractivity contribution in [2.24, 2.45) is 39.3 Å². The molecule has 4 saturated carbocycles. The summed E-state index contributed by atoms with van der Waals surface area (Å²) in [5, 5.41) is 45.8. The lowest BCUT2D eigenvalue weighted by atomic mass is 9.66. The summed E-state index contributed by atoms with van der Waals surface area (Å²) < 4.78 is 11.1. The molecule has 7 rings (SSSR count). The molecule has 0 saturated heterocycles. The van der Waals surface area contributed by atoms with Crippen molar-refractivity contribution in [1.82, 2.24) is 5.32 Å². The smallest absolute Gasteiger partial charge is 0.208 e. The molecule has 6 atom stereocenters. The second-order valence-electron chi connectivity index (χ2n) is 18.3. The van der Waals surface area contributed by atoms with E-state index in [1.807, 2.05) is 19.1 Å². The molecule has 1 aromatic carbocycles. The van der Waals surface area contributed by atoms with Crippen LogP contribution in [0.15, 0.2) is 46.6 Å². The molecule has 6 unspecified atom stereocenters. The monoisotopic (exact) mass is 761 g/mol. The van der Waals surface area contributed by atoms with Gasteiger partial charge in [-0.05, 0) is 124 Å². The molecule has 4 aliphatic carbocycles. The van der Waals surface area contributed by atoms with E-state index in [9.17, 15) is 20.4 Å². The number of fused-ring (bicyclic) bond motifs is 3. The van der Waals surface area contributed by atoms with E-state index in [1.54, 1.807) is 6.07 Å². The minimum absolute atomic E-state index is 0.000620. The predicted octanol–water partition coefficient (Wildman–Crippen LogP) is 6.77. The van der Waals surface area contributed by atoms with Crippen LogP contribution in [-0.2, 0) is 6.42 Å². The molecule has 1 aromatic rings. The Morgan fingerprint density at radius 3 is 2.64 bits per heavy atom. The quantitative estimate of drug-likeness (QED) is 0.0517. The summed E-state index contributed by atoms with van der Waals surface area (Å²) in [4.78, 5) is 5.14. The first-order chi connectivity index (χ1) is 26.7. The molecule has 9 nitrogen and oxygen atoms in total. The molecule has 55 heavy (non-hydrogen) atoms. The molecule has 0 bridgehead atoms. The van der Waals surface area contributed by atoms with Crippen molar-refractivity contribution in [3.63, 3.8) is 0 Å². The normalized spacial score (nSPS) is 27.8. The number of nitrogens with two attached hydrogens (primary N) is 1. The van der Waals surface area contributed by atoms with Crippen LogP contribution in [0.3, 0.4) is 0 Å². The maximum atomic E-state index is 11.5. The van der Waals surface area contributed by atoms with Gasteiger partial charge in [-0.25, -0.2) is 0 Å². The van der Waals surface area contributed by atoms with Gasteiger partial charge in [0.1, 0.15) is 30.4 Å². The van der Waals surface area contributed by atoms with Crippen LogP contribution in [0.25, 0.3) is 0 Å². The summed E-state index contributed by atoms with van der Waals surface area (Å²) in [7, 11) is 0. The Kier molecular flexibility index (Phi) is 13.6. The van der Waals surface area contributed by atoms with Gasteiger partial charge in [0.05, 0.1) is 18.1 Å². The molecule has 0 amide bonds. The molecule has 2 aliphatic heterocycles. The number of aliphatic imine (C=N–C) groups is 1. The number of nitrogens with one attached hydrogen (secondary N) is 1. The Labute approximate surface area is 330 Å². The van der Waals surface area contributed by atoms with Gasteiger partial charge in [0.25, 0.3) is 0 Å². The highest BCUT2D eigenvalue weighted by atomic mass is 16.5. The summed E-state index contributed by atoms with van der Waals surface area (Å²) in [5.74, 6) is 3.31. The number of unbranched alkanes of at least 4 members (excludes halogenated alkanes) is 1. The fourth-order valence-electron chi connectivity index (χ4n) is 11.8. The van der Waals surface area contributed by atoms with Crippen LogP contribution in [0, 0.1) is 40.6 Å². The zero-order valence-electron chi connectivity index (χ0n) is 33.5. The Hall–Kier alpha value is -2.53. The number of phenolic OH excluding ortho intramolecular Hbond substituents is 1. The van der Waals surface area contributed by atoms with Gasteiger partial charge in [-0.3, -0.25) is 0 Å². The van der Waals surface area contributed by atoms with Gasteiger partial charge < -0.3 is 41.0 Å². The fraction of sp³-hybridized carbons (Fsp3) is 0.717. The Bertz CT molecular complexity index is 1510. The Morgan fingerprint density at radius 2 is 1.87 bits per heavy atom. The van der Waals surface area contributed by atoms with Crippen LogP contribution in [0.5, 0.6) is 11.5 Å². The highest BCUT2D eigenvalue weighted by Crippen LogP contribution is 2.61. The summed E-state index contributed by atoms with van der Waals surface area (Å²) in [5.41, 5.74) is 10.6. The minimum Gasteiger partial charge on any atom is -0.504 e. The highest BCUT2D eigenvalue weighted by molar-refractivity contribution is 6.03. The summed E-state index contributed by atoms with van der Waals surface area (Å²) >= 11 is 0. The van der Waals surface area contributed by atoms with Gasteiger partial charge in [0.2, 0.25) is 5.70 Å². The van der Waals surface area contributed by atoms with Gasteiger partial charge in [-0.2, -0.15) is 0 Å². The maximum Gasteiger partial charge on any atom is 0.208 e. The molecule has 0 radical (unpaired) electrons. The van der Waals surface area contributed by atoms with Gasteiger partial charge in [-0.1, -0.05) is 44.6 Å². The number of benzene rings is 1. The number of allylic oxidation sites excluding steroid dienone is 1. The number of aryl methyl sites for hydroxylation is 1. The molecule has 9 heteroatoms. The first kappa shape index (κ1) is 40.7. The standard InChI is InChI=1S/C46H69N3O6/c1-31(51)27-48-28-37-35-9-8-10-38(35)46(19-6-7-20-46)26-40-36(37)25-39(49-40)42(53)30-54-44-23-32(13-15-41(44)52)12-14-34-24-33(29-50)43(55-34)11-2-3-16-45(21-22-47)17-4-5-18-45/h13,15,23-25,31,35,37-38,42-43,48,50-51,53,55H,2-12,14,16-22,26-30,47H2,1H3/p+1. The number of ether oxygens (including phenoxy) is 2. The van der Waals surface area contributed by atoms with E-state index in [-0.39, 0.29) is 25.1 Å². The predicted molar refractivity (Wildman–Crippen MR) is 219 cm³/mol. The van der Waals surface area contributed by atoms with Crippen molar-refractivity contribution in [3.8, 4) is 11.5 Å².